The molecule has 0 unspecified atom stereocenters. The number of carbonyl (C=O) groups is 1. The lowest BCUT2D eigenvalue weighted by atomic mass is 10.3. The van der Waals surface area contributed by atoms with Gasteiger partial charge in [-0.05, 0) is 48.5 Å². The molecule has 31 heavy (non-hydrogen) atoms. The van der Waals surface area contributed by atoms with Gasteiger partial charge < -0.3 is 19.5 Å². The Labute approximate surface area is 180 Å². The molecule has 1 heterocycles. The van der Waals surface area contributed by atoms with E-state index in [2.05, 4.69) is 5.32 Å². The van der Waals surface area contributed by atoms with Crippen molar-refractivity contribution in [3.8, 4) is 23.0 Å². The molecule has 4 rings (SSSR count). The molecule has 0 saturated carbocycles. The lowest BCUT2D eigenvalue weighted by Crippen LogP contribution is -2.18. The fourth-order valence-corrected chi connectivity index (χ4v) is 4.27. The van der Waals surface area contributed by atoms with Crippen molar-refractivity contribution < 1.29 is 27.4 Å². The summed E-state index contributed by atoms with van der Waals surface area (Å²) in [7, 11) is -3.64. The van der Waals surface area contributed by atoms with Crippen LogP contribution in [0.1, 0.15) is 6.42 Å². The van der Waals surface area contributed by atoms with Gasteiger partial charge in [0.05, 0.1) is 10.6 Å². The van der Waals surface area contributed by atoms with Gasteiger partial charge in [-0.15, -0.1) is 0 Å². The van der Waals surface area contributed by atoms with Crippen molar-refractivity contribution in [2.75, 3.05) is 24.3 Å². The molecular weight excluding hydrogens is 418 g/mol. The van der Waals surface area contributed by atoms with Gasteiger partial charge in [0, 0.05) is 18.2 Å². The third-order valence-electron chi connectivity index (χ3n) is 4.59. The van der Waals surface area contributed by atoms with Crippen LogP contribution in [0.5, 0.6) is 23.0 Å². The molecule has 1 aliphatic rings. The lowest BCUT2D eigenvalue weighted by Gasteiger charge is -2.18. The average Bonchev–Trinajstić information content (AvgIpc) is 2.79. The standard InChI is InChI=1S/C23H21NO6S/c25-23(24-17-6-8-19(9-7-17)30-18-4-2-1-3-5-18)12-15-31(26,27)20-10-11-21-22(16-20)29-14-13-28-21/h1-11,16H,12-15H2,(H,24,25). The predicted molar refractivity (Wildman–Crippen MR) is 116 cm³/mol. The smallest absolute Gasteiger partial charge is 0.225 e. The summed E-state index contributed by atoms with van der Waals surface area (Å²) in [5.41, 5.74) is 0.558. The maximum absolute atomic E-state index is 12.6. The van der Waals surface area contributed by atoms with Crippen molar-refractivity contribution in [1.82, 2.24) is 0 Å². The van der Waals surface area contributed by atoms with Gasteiger partial charge >= 0.3 is 0 Å². The van der Waals surface area contributed by atoms with Crippen molar-refractivity contribution in [1.29, 1.82) is 0 Å². The van der Waals surface area contributed by atoms with Gasteiger partial charge in [0.2, 0.25) is 5.91 Å². The molecule has 0 aromatic heterocycles. The van der Waals surface area contributed by atoms with Crippen LogP contribution >= 0.6 is 0 Å². The minimum Gasteiger partial charge on any atom is -0.486 e. The van der Waals surface area contributed by atoms with Crippen molar-refractivity contribution in [3.05, 3.63) is 72.8 Å². The second kappa shape index (κ2) is 9.09. The number of para-hydroxylation sites is 1. The van der Waals surface area contributed by atoms with E-state index < -0.39 is 15.7 Å². The molecule has 0 atom stereocenters. The first-order valence-electron chi connectivity index (χ1n) is 9.75. The topological polar surface area (TPSA) is 90.9 Å². The summed E-state index contributed by atoms with van der Waals surface area (Å²) in [6.45, 7) is 0.798. The Morgan fingerprint density at radius 1 is 0.871 bits per heavy atom. The molecule has 0 radical (unpaired) electrons. The van der Waals surface area contributed by atoms with Crippen LogP contribution in [0.2, 0.25) is 0 Å². The Balaban J connectivity index is 1.32. The Morgan fingerprint density at radius 2 is 1.55 bits per heavy atom. The fourth-order valence-electron chi connectivity index (χ4n) is 3.02. The van der Waals surface area contributed by atoms with Crippen LogP contribution in [0.3, 0.4) is 0 Å². The van der Waals surface area contributed by atoms with Gasteiger partial charge in [0.1, 0.15) is 24.7 Å². The number of carbonyl (C=O) groups excluding carboxylic acids is 1. The summed E-state index contributed by atoms with van der Waals surface area (Å²) in [5.74, 6) is 1.55. The number of hydrogen-bond acceptors (Lipinski definition) is 6. The Kier molecular flexibility index (Phi) is 6.08. The van der Waals surface area contributed by atoms with E-state index in [4.69, 9.17) is 14.2 Å². The minimum atomic E-state index is -3.64. The highest BCUT2D eigenvalue weighted by Crippen LogP contribution is 2.32. The zero-order chi connectivity index (χ0) is 21.7. The summed E-state index contributed by atoms with van der Waals surface area (Å²) in [6.07, 6.45) is -0.168. The molecule has 0 spiro atoms. The second-order valence-electron chi connectivity index (χ2n) is 6.86. The number of hydrogen-bond donors (Lipinski definition) is 1. The molecule has 0 bridgehead atoms. The van der Waals surface area contributed by atoms with Gasteiger partial charge in [-0.25, -0.2) is 8.42 Å². The van der Waals surface area contributed by atoms with E-state index in [9.17, 15) is 13.2 Å². The molecule has 8 heteroatoms. The molecule has 3 aromatic carbocycles. The maximum Gasteiger partial charge on any atom is 0.225 e. The molecule has 1 N–H and O–H groups in total. The molecule has 3 aromatic rings. The summed E-state index contributed by atoms with van der Waals surface area (Å²) in [5, 5.41) is 2.70. The third-order valence-corrected chi connectivity index (χ3v) is 6.30. The summed E-state index contributed by atoms with van der Waals surface area (Å²) in [6, 6.07) is 20.7. The summed E-state index contributed by atoms with van der Waals surface area (Å²) >= 11 is 0. The van der Waals surface area contributed by atoms with Gasteiger partial charge in [0.25, 0.3) is 0 Å². The van der Waals surface area contributed by atoms with E-state index in [-0.39, 0.29) is 17.1 Å². The highest BCUT2D eigenvalue weighted by Gasteiger charge is 2.20. The number of nitrogens with one attached hydrogen (secondary N) is 1. The van der Waals surface area contributed by atoms with E-state index in [1.807, 2.05) is 30.3 Å². The van der Waals surface area contributed by atoms with Crippen LogP contribution in [0.25, 0.3) is 0 Å². The largest absolute Gasteiger partial charge is 0.486 e. The number of ether oxygens (including phenoxy) is 3. The molecule has 0 saturated heterocycles. The van der Waals surface area contributed by atoms with Crippen LogP contribution in [-0.4, -0.2) is 33.3 Å². The normalized spacial score (nSPS) is 12.8. The molecule has 1 aliphatic heterocycles. The van der Waals surface area contributed by atoms with Crippen LogP contribution in [0.15, 0.2) is 77.7 Å². The van der Waals surface area contributed by atoms with Crippen molar-refractivity contribution in [3.63, 3.8) is 0 Å². The van der Waals surface area contributed by atoms with Crippen LogP contribution < -0.4 is 19.5 Å². The van der Waals surface area contributed by atoms with Gasteiger partial charge in [-0.2, -0.15) is 0 Å². The molecule has 0 fully saturated rings. The molecular formula is C23H21NO6S. The first-order chi connectivity index (χ1) is 15.0. The highest BCUT2D eigenvalue weighted by atomic mass is 32.2. The van der Waals surface area contributed by atoms with Crippen LogP contribution in [0, 0.1) is 0 Å². The highest BCUT2D eigenvalue weighted by molar-refractivity contribution is 7.91. The summed E-state index contributed by atoms with van der Waals surface area (Å²) in [4.78, 5) is 12.4. The van der Waals surface area contributed by atoms with Gasteiger partial charge in [0.15, 0.2) is 21.3 Å². The minimum absolute atomic E-state index is 0.104. The number of anilines is 1. The van der Waals surface area contributed by atoms with E-state index in [1.165, 1.54) is 12.1 Å². The van der Waals surface area contributed by atoms with E-state index in [1.54, 1.807) is 30.3 Å². The lowest BCUT2D eigenvalue weighted by molar-refractivity contribution is -0.115. The second-order valence-corrected chi connectivity index (χ2v) is 8.97. The molecule has 7 nitrogen and oxygen atoms in total. The summed E-state index contributed by atoms with van der Waals surface area (Å²) < 4.78 is 41.7. The predicted octanol–water partition coefficient (Wildman–Crippen LogP) is 4.05. The van der Waals surface area contributed by atoms with E-state index in [0.29, 0.717) is 41.9 Å². The maximum atomic E-state index is 12.6. The quantitative estimate of drug-likeness (QED) is 0.597. The Morgan fingerprint density at radius 3 is 2.29 bits per heavy atom. The first-order valence-corrected chi connectivity index (χ1v) is 11.4. The number of benzene rings is 3. The SMILES string of the molecule is O=C(CCS(=O)(=O)c1ccc2c(c1)OCCO2)Nc1ccc(Oc2ccccc2)cc1. The first kappa shape index (κ1) is 20.7. The van der Waals surface area contributed by atoms with Crippen molar-refractivity contribution >= 4 is 21.4 Å². The number of sulfone groups is 1. The Bertz CT molecular complexity index is 1160. The fraction of sp³-hybridized carbons (Fsp3) is 0.174. The molecule has 0 aliphatic carbocycles. The van der Waals surface area contributed by atoms with Gasteiger partial charge in [-0.3, -0.25) is 4.79 Å². The third kappa shape index (κ3) is 5.35. The van der Waals surface area contributed by atoms with Crippen LogP contribution in [0.4, 0.5) is 5.69 Å². The van der Waals surface area contributed by atoms with Crippen LogP contribution in [-0.2, 0) is 14.6 Å². The van der Waals surface area contributed by atoms with E-state index in [0.717, 1.165) is 0 Å². The molecule has 160 valence electrons. The zero-order valence-corrected chi connectivity index (χ0v) is 17.4. The number of amides is 1. The van der Waals surface area contributed by atoms with Gasteiger partial charge in [-0.1, -0.05) is 18.2 Å². The number of fused-ring (bicyclic) bond motifs is 1. The van der Waals surface area contributed by atoms with Crippen molar-refractivity contribution in [2.45, 2.75) is 11.3 Å². The van der Waals surface area contributed by atoms with Crippen molar-refractivity contribution in [2.24, 2.45) is 0 Å². The molecule has 1 amide bonds. The Hall–Kier alpha value is -3.52. The monoisotopic (exact) mass is 439 g/mol. The average molecular weight is 439 g/mol. The number of rotatable bonds is 7. The zero-order valence-electron chi connectivity index (χ0n) is 16.6. The van der Waals surface area contributed by atoms with E-state index >= 15 is 0 Å².